The van der Waals surface area contributed by atoms with Gasteiger partial charge in [0.05, 0.1) is 12.4 Å². The van der Waals surface area contributed by atoms with Crippen molar-refractivity contribution < 1.29 is 24.2 Å². The first-order valence-electron chi connectivity index (χ1n) is 8.47. The van der Waals surface area contributed by atoms with Crippen LogP contribution in [0.1, 0.15) is 27.7 Å². The van der Waals surface area contributed by atoms with Gasteiger partial charge >= 0.3 is 13.4 Å². The number of pyridine rings is 1. The lowest BCUT2D eigenvalue weighted by molar-refractivity contribution is 0.0598. The molecule has 3 rings (SSSR count). The van der Waals surface area contributed by atoms with Crippen LogP contribution in [0.2, 0.25) is 0 Å². The molecule has 13 heteroatoms. The minimum atomic E-state index is -2.05. The van der Waals surface area contributed by atoms with Crippen LogP contribution in [0, 0.1) is 0 Å². The first kappa shape index (κ1) is 19.6. The molecular formula is C15H20BN7O5. The van der Waals surface area contributed by atoms with Gasteiger partial charge in [0.15, 0.2) is 11.5 Å². The molecule has 148 valence electrons. The Bertz CT molecular complexity index is 981. The van der Waals surface area contributed by atoms with E-state index in [1.807, 2.05) is 6.92 Å². The van der Waals surface area contributed by atoms with Gasteiger partial charge in [-0.1, -0.05) is 5.21 Å². The molecular weight excluding hydrogens is 369 g/mol. The summed E-state index contributed by atoms with van der Waals surface area (Å²) in [5, 5.41) is 30.3. The normalized spacial score (nSPS) is 11.5. The zero-order valence-corrected chi connectivity index (χ0v) is 15.8. The Labute approximate surface area is 160 Å². The second-order valence-electron chi connectivity index (χ2n) is 6.78. The third kappa shape index (κ3) is 4.20. The predicted molar refractivity (Wildman–Crippen MR) is 97.9 cm³/mol. The van der Waals surface area contributed by atoms with E-state index < -0.39 is 19.0 Å². The maximum Gasteiger partial charge on any atom is 0.707 e. The van der Waals surface area contributed by atoms with E-state index in [9.17, 15) is 4.79 Å². The Hall–Kier alpha value is -3.19. The number of amides is 1. The highest BCUT2D eigenvalue weighted by Gasteiger charge is 2.30. The number of aryl methyl sites for hydroxylation is 1. The zero-order chi connectivity index (χ0) is 20.5. The smallest absolute Gasteiger partial charge is 0.511 e. The van der Waals surface area contributed by atoms with Crippen LogP contribution >= 0.6 is 0 Å². The van der Waals surface area contributed by atoms with Gasteiger partial charge in [0, 0.05) is 12.6 Å². The molecule has 28 heavy (non-hydrogen) atoms. The summed E-state index contributed by atoms with van der Waals surface area (Å²) in [5.74, 6) is 0.238. The molecule has 0 aliphatic carbocycles. The van der Waals surface area contributed by atoms with Gasteiger partial charge in [0.25, 0.3) is 0 Å². The van der Waals surface area contributed by atoms with E-state index in [0.717, 1.165) is 0 Å². The number of carbonyl (C=O) groups excluding carboxylic acids is 1. The fraction of sp³-hybridized carbons (Fsp3) is 0.400. The highest BCUT2D eigenvalue weighted by atomic mass is 16.6. The summed E-state index contributed by atoms with van der Waals surface area (Å²) in [6, 6.07) is 1.40. The number of hydrogen-bond donors (Lipinski definition) is 2. The van der Waals surface area contributed by atoms with Crippen molar-refractivity contribution in [1.29, 1.82) is 0 Å². The van der Waals surface area contributed by atoms with Crippen molar-refractivity contribution >= 4 is 30.6 Å². The molecule has 1 amide bonds. The molecule has 0 saturated carbocycles. The molecule has 0 aliphatic rings. The average molecular weight is 389 g/mol. The Kier molecular flexibility index (Phi) is 5.20. The number of anilines is 2. The van der Waals surface area contributed by atoms with E-state index in [4.69, 9.17) is 19.4 Å². The third-order valence-corrected chi connectivity index (χ3v) is 3.47. The zero-order valence-electron chi connectivity index (χ0n) is 15.8. The minimum absolute atomic E-state index is 0.0412. The van der Waals surface area contributed by atoms with Crippen LogP contribution < -0.4 is 9.55 Å². The van der Waals surface area contributed by atoms with Gasteiger partial charge in [-0.05, 0) is 27.7 Å². The summed E-state index contributed by atoms with van der Waals surface area (Å²) in [6.45, 7) is 7.64. The van der Waals surface area contributed by atoms with E-state index in [1.54, 1.807) is 31.6 Å². The first-order chi connectivity index (χ1) is 13.2. The summed E-state index contributed by atoms with van der Waals surface area (Å²) in [4.78, 5) is 18.3. The molecule has 0 bridgehead atoms. The molecule has 12 nitrogen and oxygen atoms in total. The van der Waals surface area contributed by atoms with Crippen LogP contribution in [0.25, 0.3) is 5.65 Å². The molecule has 0 fully saturated rings. The predicted octanol–water partition coefficient (Wildman–Crippen LogP) is 0.762. The lowest BCUT2D eigenvalue weighted by Gasteiger charge is -2.26. The number of fused-ring (bicyclic) bond motifs is 1. The number of hydrogen-bond acceptors (Lipinski definition) is 9. The van der Waals surface area contributed by atoms with Crippen molar-refractivity contribution in [2.24, 2.45) is 0 Å². The average Bonchev–Trinajstić information content (AvgIpc) is 3.21. The standard InChI is InChI=1S/C15H20BN7O5/c1-5-21-8-12(19-20-21)23(14(24)27-15(2,3)4)11-6-10(28-16(25)26)7-22-13(11)17-9-18-22/h6-9,25-26H,5H2,1-4H3. The van der Waals surface area contributed by atoms with E-state index in [0.29, 0.717) is 12.2 Å². The lowest BCUT2D eigenvalue weighted by atomic mass is 10.2. The van der Waals surface area contributed by atoms with Crippen molar-refractivity contribution in [2.45, 2.75) is 39.8 Å². The summed E-state index contributed by atoms with van der Waals surface area (Å²) in [5.41, 5.74) is -0.250. The number of rotatable bonds is 5. The molecule has 3 aromatic rings. The molecule has 0 radical (unpaired) electrons. The number of nitrogens with zero attached hydrogens (tertiary/aromatic N) is 7. The Balaban J connectivity index is 2.16. The van der Waals surface area contributed by atoms with Crippen LogP contribution in [0.5, 0.6) is 5.75 Å². The number of carbonyl (C=O) groups is 1. The SMILES string of the molecule is CCn1cc(N(C(=O)OC(C)(C)C)c2cc(OB(O)O)cn3ncnc23)nn1. The molecule has 0 spiro atoms. The van der Waals surface area contributed by atoms with E-state index >= 15 is 0 Å². The third-order valence-electron chi connectivity index (χ3n) is 3.47. The van der Waals surface area contributed by atoms with Crippen molar-refractivity contribution in [3.05, 3.63) is 24.8 Å². The van der Waals surface area contributed by atoms with Gasteiger partial charge in [-0.3, -0.25) is 4.68 Å². The minimum Gasteiger partial charge on any atom is -0.511 e. The van der Waals surface area contributed by atoms with Gasteiger partial charge in [-0.25, -0.2) is 19.2 Å². The molecule has 0 saturated heterocycles. The van der Waals surface area contributed by atoms with Crippen molar-refractivity contribution in [3.63, 3.8) is 0 Å². The summed E-state index contributed by atoms with van der Waals surface area (Å²) >= 11 is 0. The molecule has 3 heterocycles. The van der Waals surface area contributed by atoms with Crippen LogP contribution in [0.3, 0.4) is 0 Å². The van der Waals surface area contributed by atoms with Gasteiger partial charge in [0.1, 0.15) is 23.4 Å². The van der Waals surface area contributed by atoms with Crippen LogP contribution in [-0.2, 0) is 11.3 Å². The van der Waals surface area contributed by atoms with Crippen molar-refractivity contribution in [1.82, 2.24) is 29.6 Å². The van der Waals surface area contributed by atoms with Crippen LogP contribution in [0.4, 0.5) is 16.3 Å². The van der Waals surface area contributed by atoms with E-state index in [2.05, 4.69) is 20.4 Å². The Morgan fingerprint density at radius 1 is 1.32 bits per heavy atom. The second-order valence-corrected chi connectivity index (χ2v) is 6.78. The molecule has 0 atom stereocenters. The van der Waals surface area contributed by atoms with E-state index in [1.165, 1.54) is 28.0 Å². The Morgan fingerprint density at radius 2 is 2.07 bits per heavy atom. The summed E-state index contributed by atoms with van der Waals surface area (Å²) in [7, 11) is -2.05. The van der Waals surface area contributed by atoms with Gasteiger partial charge in [-0.15, -0.1) is 5.10 Å². The van der Waals surface area contributed by atoms with Gasteiger partial charge < -0.3 is 19.4 Å². The molecule has 0 aromatic carbocycles. The van der Waals surface area contributed by atoms with Crippen LogP contribution in [-0.4, -0.2) is 58.7 Å². The highest BCUT2D eigenvalue weighted by Crippen LogP contribution is 2.32. The van der Waals surface area contributed by atoms with Gasteiger partial charge in [0.2, 0.25) is 0 Å². The maximum atomic E-state index is 13.0. The highest BCUT2D eigenvalue weighted by molar-refractivity contribution is 6.33. The summed E-state index contributed by atoms with van der Waals surface area (Å²) in [6.07, 6.45) is 3.53. The molecule has 0 unspecified atom stereocenters. The quantitative estimate of drug-likeness (QED) is 0.605. The van der Waals surface area contributed by atoms with Gasteiger partial charge in [-0.2, -0.15) is 5.10 Å². The van der Waals surface area contributed by atoms with Crippen LogP contribution in [0.15, 0.2) is 24.8 Å². The molecule has 3 aromatic heterocycles. The Morgan fingerprint density at radius 3 is 2.68 bits per heavy atom. The fourth-order valence-electron chi connectivity index (χ4n) is 2.40. The fourth-order valence-corrected chi connectivity index (χ4v) is 2.40. The summed E-state index contributed by atoms with van der Waals surface area (Å²) < 4.78 is 13.3. The maximum absolute atomic E-state index is 13.0. The monoisotopic (exact) mass is 389 g/mol. The lowest BCUT2D eigenvalue weighted by Crippen LogP contribution is -2.34. The second kappa shape index (κ2) is 7.44. The largest absolute Gasteiger partial charge is 0.707 e. The molecule has 2 N–H and O–H groups in total. The first-order valence-corrected chi connectivity index (χ1v) is 8.47. The van der Waals surface area contributed by atoms with E-state index in [-0.39, 0.29) is 17.3 Å². The number of ether oxygens (including phenoxy) is 1. The number of aromatic nitrogens is 6. The van der Waals surface area contributed by atoms with Crippen molar-refractivity contribution in [3.8, 4) is 5.75 Å². The topological polar surface area (TPSA) is 140 Å². The molecule has 0 aliphatic heterocycles. The van der Waals surface area contributed by atoms with Crippen molar-refractivity contribution in [2.75, 3.05) is 4.90 Å².